The SMILES string of the molecule is CCCOc1cc2c(c(OC)c1OC)-c1ccc(SC)c(=O)cc1[C@@H](NC(C)=O)CC2. The normalized spacial score (nSPS) is 14.7. The van der Waals surface area contributed by atoms with Crippen molar-refractivity contribution in [1.29, 1.82) is 0 Å². The molecule has 1 amide bonds. The number of benzene rings is 1. The number of nitrogens with one attached hydrogen (secondary N) is 1. The van der Waals surface area contributed by atoms with E-state index in [1.165, 1.54) is 18.7 Å². The molecule has 0 heterocycles. The Morgan fingerprint density at radius 2 is 1.94 bits per heavy atom. The van der Waals surface area contributed by atoms with Crippen LogP contribution >= 0.6 is 11.8 Å². The monoisotopic (exact) mass is 443 g/mol. The number of hydrogen-bond donors (Lipinski definition) is 1. The van der Waals surface area contributed by atoms with Crippen molar-refractivity contribution in [2.24, 2.45) is 0 Å². The molecule has 3 rings (SSSR count). The first kappa shape index (κ1) is 23.0. The zero-order chi connectivity index (χ0) is 22.5. The molecule has 0 unspecified atom stereocenters. The number of carbonyl (C=O) groups is 1. The number of carbonyl (C=O) groups excluding carboxylic acids is 1. The molecule has 0 radical (unpaired) electrons. The van der Waals surface area contributed by atoms with Crippen LogP contribution in [0.4, 0.5) is 0 Å². The Balaban J connectivity index is 2.36. The smallest absolute Gasteiger partial charge is 0.217 e. The Labute approximate surface area is 187 Å². The minimum Gasteiger partial charge on any atom is -0.492 e. The highest BCUT2D eigenvalue weighted by Crippen LogP contribution is 2.50. The Bertz CT molecular complexity index is 1040. The van der Waals surface area contributed by atoms with E-state index in [1.54, 1.807) is 20.3 Å². The molecule has 0 saturated heterocycles. The van der Waals surface area contributed by atoms with Gasteiger partial charge < -0.3 is 19.5 Å². The van der Waals surface area contributed by atoms with E-state index in [4.69, 9.17) is 14.2 Å². The van der Waals surface area contributed by atoms with Crippen LogP contribution in [-0.2, 0) is 11.2 Å². The van der Waals surface area contributed by atoms with Crippen LogP contribution in [0.15, 0.2) is 34.0 Å². The number of hydrogen-bond acceptors (Lipinski definition) is 6. The Hall–Kier alpha value is -2.67. The quantitative estimate of drug-likeness (QED) is 0.641. The van der Waals surface area contributed by atoms with E-state index in [9.17, 15) is 9.59 Å². The summed E-state index contributed by atoms with van der Waals surface area (Å²) in [4.78, 5) is 25.4. The van der Waals surface area contributed by atoms with Crippen LogP contribution in [0.1, 0.15) is 43.9 Å². The van der Waals surface area contributed by atoms with Gasteiger partial charge in [-0.05, 0) is 60.4 Å². The lowest BCUT2D eigenvalue weighted by molar-refractivity contribution is -0.119. The van der Waals surface area contributed by atoms with Crippen molar-refractivity contribution >= 4 is 17.7 Å². The van der Waals surface area contributed by atoms with Crippen molar-refractivity contribution in [3.63, 3.8) is 0 Å². The molecule has 166 valence electrons. The van der Waals surface area contributed by atoms with Crippen LogP contribution in [0.25, 0.3) is 11.1 Å². The lowest BCUT2D eigenvalue weighted by Crippen LogP contribution is -2.26. The zero-order valence-electron chi connectivity index (χ0n) is 18.7. The Kier molecular flexibility index (Phi) is 7.49. The second-order valence-corrected chi connectivity index (χ2v) is 8.24. The summed E-state index contributed by atoms with van der Waals surface area (Å²) in [7, 11) is 3.19. The summed E-state index contributed by atoms with van der Waals surface area (Å²) in [5.74, 6) is 1.59. The molecular weight excluding hydrogens is 414 g/mol. The second-order valence-electron chi connectivity index (χ2n) is 7.39. The van der Waals surface area contributed by atoms with E-state index in [2.05, 4.69) is 5.32 Å². The first-order chi connectivity index (χ1) is 14.9. The van der Waals surface area contributed by atoms with Crippen molar-refractivity contribution in [2.45, 2.75) is 44.0 Å². The number of rotatable bonds is 7. The van der Waals surface area contributed by atoms with Gasteiger partial charge in [0.2, 0.25) is 11.7 Å². The number of ether oxygens (including phenoxy) is 3. The molecule has 1 aliphatic carbocycles. The third kappa shape index (κ3) is 4.66. The van der Waals surface area contributed by atoms with Gasteiger partial charge in [-0.15, -0.1) is 11.8 Å². The summed E-state index contributed by atoms with van der Waals surface area (Å²) in [6.45, 7) is 4.10. The molecule has 0 fully saturated rings. The van der Waals surface area contributed by atoms with Crippen molar-refractivity contribution < 1.29 is 19.0 Å². The van der Waals surface area contributed by atoms with E-state index in [-0.39, 0.29) is 17.4 Å². The molecule has 2 aromatic rings. The van der Waals surface area contributed by atoms with Crippen molar-refractivity contribution in [3.8, 4) is 28.4 Å². The zero-order valence-corrected chi connectivity index (χ0v) is 19.5. The van der Waals surface area contributed by atoms with Gasteiger partial charge in [0.05, 0.1) is 31.8 Å². The third-order valence-electron chi connectivity index (χ3n) is 5.34. The van der Waals surface area contributed by atoms with Crippen molar-refractivity contribution in [1.82, 2.24) is 5.32 Å². The fourth-order valence-corrected chi connectivity index (χ4v) is 4.49. The number of aryl methyl sites for hydroxylation is 1. The fourth-order valence-electron chi connectivity index (χ4n) is 4.03. The minimum absolute atomic E-state index is 0.0682. The summed E-state index contributed by atoms with van der Waals surface area (Å²) < 4.78 is 17.5. The highest BCUT2D eigenvalue weighted by atomic mass is 32.2. The first-order valence-electron chi connectivity index (χ1n) is 10.3. The molecule has 0 bridgehead atoms. The summed E-state index contributed by atoms with van der Waals surface area (Å²) in [5, 5.41) is 3.02. The molecule has 0 aliphatic heterocycles. The van der Waals surface area contributed by atoms with Crippen LogP contribution in [0, 0.1) is 0 Å². The molecular formula is C24H29NO5S. The lowest BCUT2D eigenvalue weighted by atomic mass is 9.95. The molecule has 6 nitrogen and oxygen atoms in total. The molecule has 1 atom stereocenters. The number of amides is 1. The lowest BCUT2D eigenvalue weighted by Gasteiger charge is -2.20. The van der Waals surface area contributed by atoms with Gasteiger partial charge in [0.25, 0.3) is 0 Å². The molecule has 1 aliphatic rings. The molecule has 1 N–H and O–H groups in total. The number of thioether (sulfide) groups is 1. The van der Waals surface area contributed by atoms with Crippen LogP contribution in [0.5, 0.6) is 17.2 Å². The molecule has 7 heteroatoms. The third-order valence-corrected chi connectivity index (χ3v) is 6.12. The minimum atomic E-state index is -0.287. The fraction of sp³-hybridized carbons (Fsp3) is 0.417. The maximum atomic E-state index is 12.8. The first-order valence-corrected chi connectivity index (χ1v) is 11.6. The van der Waals surface area contributed by atoms with E-state index < -0.39 is 0 Å². The maximum Gasteiger partial charge on any atom is 0.217 e. The average molecular weight is 444 g/mol. The highest BCUT2D eigenvalue weighted by Gasteiger charge is 2.29. The van der Waals surface area contributed by atoms with Gasteiger partial charge in [0.15, 0.2) is 16.9 Å². The van der Waals surface area contributed by atoms with Gasteiger partial charge in [-0.3, -0.25) is 9.59 Å². The van der Waals surface area contributed by atoms with Crippen LogP contribution in [-0.4, -0.2) is 33.0 Å². The van der Waals surface area contributed by atoms with Crippen LogP contribution in [0.3, 0.4) is 0 Å². The Morgan fingerprint density at radius 1 is 1.19 bits per heavy atom. The summed E-state index contributed by atoms with van der Waals surface area (Å²) >= 11 is 1.40. The molecule has 31 heavy (non-hydrogen) atoms. The topological polar surface area (TPSA) is 73.9 Å². The van der Waals surface area contributed by atoms with Gasteiger partial charge in [-0.25, -0.2) is 0 Å². The van der Waals surface area contributed by atoms with E-state index in [0.29, 0.717) is 41.6 Å². The van der Waals surface area contributed by atoms with E-state index in [0.717, 1.165) is 28.7 Å². The van der Waals surface area contributed by atoms with E-state index >= 15 is 0 Å². The molecule has 0 spiro atoms. The highest BCUT2D eigenvalue weighted by molar-refractivity contribution is 7.98. The van der Waals surface area contributed by atoms with Crippen LogP contribution < -0.4 is 25.0 Å². The summed E-state index contributed by atoms with van der Waals surface area (Å²) in [5.41, 5.74) is 3.46. The van der Waals surface area contributed by atoms with Crippen molar-refractivity contribution in [3.05, 3.63) is 45.6 Å². The van der Waals surface area contributed by atoms with Gasteiger partial charge >= 0.3 is 0 Å². The standard InChI is InChI=1S/C24H29NO5S/c1-6-11-30-20-12-15-7-9-18(25-14(2)26)17-13-19(27)21(31-5)10-8-16(17)22(15)24(29-4)23(20)28-3/h8,10,12-13,18H,6-7,9,11H2,1-5H3,(H,25,26)/t18-/m0/s1. The predicted molar refractivity (Wildman–Crippen MR) is 124 cm³/mol. The molecule has 2 aromatic carbocycles. The van der Waals surface area contributed by atoms with Gasteiger partial charge in [-0.2, -0.15) is 0 Å². The molecule has 0 saturated carbocycles. The summed E-state index contributed by atoms with van der Waals surface area (Å²) in [6, 6.07) is 7.12. The summed E-state index contributed by atoms with van der Waals surface area (Å²) in [6.07, 6.45) is 4.09. The second kappa shape index (κ2) is 10.1. The number of methoxy groups -OCH3 is 2. The predicted octanol–water partition coefficient (Wildman–Crippen LogP) is 4.37. The van der Waals surface area contributed by atoms with Crippen molar-refractivity contribution in [2.75, 3.05) is 27.1 Å². The largest absolute Gasteiger partial charge is 0.492 e. The van der Waals surface area contributed by atoms with Crippen LogP contribution in [0.2, 0.25) is 0 Å². The average Bonchev–Trinajstić information content (AvgIpc) is 2.99. The maximum absolute atomic E-state index is 12.8. The number of fused-ring (bicyclic) bond motifs is 3. The van der Waals surface area contributed by atoms with E-state index in [1.807, 2.05) is 31.4 Å². The Morgan fingerprint density at radius 3 is 2.55 bits per heavy atom. The molecule has 0 aromatic heterocycles. The van der Waals surface area contributed by atoms with Gasteiger partial charge in [0.1, 0.15) is 0 Å². The van der Waals surface area contributed by atoms with Gasteiger partial charge in [-0.1, -0.05) is 13.0 Å². The van der Waals surface area contributed by atoms with Gasteiger partial charge in [0, 0.05) is 12.5 Å².